The average Bonchev–Trinajstić information content (AvgIpc) is 2.77. The largest absolute Gasteiger partial charge is 0.511 e. The molecular weight excluding hydrogens is 407 g/mol. The average molecular weight is 440 g/mol. The molecule has 0 fully saturated rings. The van der Waals surface area contributed by atoms with E-state index in [0.717, 1.165) is 36.5 Å². The highest BCUT2D eigenvalue weighted by molar-refractivity contribution is 7.48. The Morgan fingerprint density at radius 1 is 0.767 bits per heavy atom. The minimum Gasteiger partial charge on any atom is -0.379 e. The van der Waals surface area contributed by atoms with E-state index in [9.17, 15) is 4.57 Å². The zero-order chi connectivity index (χ0) is 21.5. The van der Waals surface area contributed by atoms with E-state index in [0.29, 0.717) is 25.6 Å². The van der Waals surface area contributed by atoms with Gasteiger partial charge in [-0.2, -0.15) is 0 Å². The van der Waals surface area contributed by atoms with Gasteiger partial charge in [0, 0.05) is 12.0 Å². The van der Waals surface area contributed by atoms with Gasteiger partial charge in [0.1, 0.15) is 0 Å². The van der Waals surface area contributed by atoms with E-state index in [-0.39, 0.29) is 19.8 Å². The standard InChI is InChI=1S/C22H33O7P/c1-3-5-6-9-15-26-30(23,27-19-18-25-17-16-24-4-2)29-28-22-14-10-12-20-11-7-8-13-21(20)22/h7-8,10-14H,3-6,9,15-19H2,1-2H3. The number of ether oxygens (including phenoxy) is 2. The van der Waals surface area contributed by atoms with E-state index in [1.165, 1.54) is 0 Å². The van der Waals surface area contributed by atoms with E-state index < -0.39 is 7.82 Å². The molecule has 1 atom stereocenters. The molecule has 0 radical (unpaired) electrons. The number of rotatable bonds is 17. The molecule has 0 aliphatic carbocycles. The van der Waals surface area contributed by atoms with Gasteiger partial charge in [-0.05, 0) is 24.8 Å². The third-order valence-electron chi connectivity index (χ3n) is 4.27. The fraction of sp³-hybridized carbons (Fsp3) is 0.545. The van der Waals surface area contributed by atoms with Crippen LogP contribution in [0.25, 0.3) is 10.8 Å². The lowest BCUT2D eigenvalue weighted by Crippen LogP contribution is -2.11. The predicted octanol–water partition coefficient (Wildman–Crippen LogP) is 5.92. The van der Waals surface area contributed by atoms with Crippen LogP contribution < -0.4 is 4.89 Å². The molecule has 0 N–H and O–H groups in total. The van der Waals surface area contributed by atoms with Gasteiger partial charge < -0.3 is 14.4 Å². The molecule has 1 unspecified atom stereocenters. The zero-order valence-electron chi connectivity index (χ0n) is 17.9. The van der Waals surface area contributed by atoms with Crippen molar-refractivity contribution < 1.29 is 32.6 Å². The zero-order valence-corrected chi connectivity index (χ0v) is 18.8. The van der Waals surface area contributed by atoms with Crippen LogP contribution >= 0.6 is 7.82 Å². The van der Waals surface area contributed by atoms with Crippen molar-refractivity contribution in [3.63, 3.8) is 0 Å². The van der Waals surface area contributed by atoms with Crippen LogP contribution in [0.5, 0.6) is 5.75 Å². The number of unbranched alkanes of at least 4 members (excludes halogenated alkanes) is 3. The third kappa shape index (κ3) is 9.13. The number of fused-ring (bicyclic) bond motifs is 1. The van der Waals surface area contributed by atoms with Gasteiger partial charge in [0.15, 0.2) is 5.75 Å². The van der Waals surface area contributed by atoms with Crippen LogP contribution in [-0.4, -0.2) is 39.6 Å². The maximum absolute atomic E-state index is 13.0. The first-order valence-electron chi connectivity index (χ1n) is 10.6. The summed E-state index contributed by atoms with van der Waals surface area (Å²) in [4.78, 5) is 5.40. The number of hydrogen-bond donors (Lipinski definition) is 0. The third-order valence-corrected chi connectivity index (χ3v) is 5.52. The Morgan fingerprint density at radius 2 is 1.50 bits per heavy atom. The smallest absolute Gasteiger partial charge is 0.379 e. The molecule has 0 aliphatic rings. The first-order chi connectivity index (χ1) is 14.7. The Labute approximate surface area is 179 Å². The molecule has 0 saturated heterocycles. The fourth-order valence-electron chi connectivity index (χ4n) is 2.71. The molecule has 0 saturated carbocycles. The van der Waals surface area contributed by atoms with Crippen LogP contribution in [-0.2, 0) is 27.8 Å². The Kier molecular flexibility index (Phi) is 12.0. The molecule has 2 aromatic carbocycles. The predicted molar refractivity (Wildman–Crippen MR) is 117 cm³/mol. The molecule has 8 heteroatoms. The Hall–Kier alpha value is -1.47. The maximum Gasteiger partial charge on any atom is 0.511 e. The SMILES string of the molecule is CCCCCCOP(=O)(OCCOCCOCC)OOc1cccc2ccccc12. The lowest BCUT2D eigenvalue weighted by molar-refractivity contribution is -0.132. The summed E-state index contributed by atoms with van der Waals surface area (Å²) in [6, 6.07) is 13.2. The van der Waals surface area contributed by atoms with Gasteiger partial charge in [-0.15, -0.1) is 0 Å². The number of hydrogen-bond acceptors (Lipinski definition) is 7. The van der Waals surface area contributed by atoms with Gasteiger partial charge in [-0.3, -0.25) is 9.05 Å². The number of benzene rings is 2. The normalized spacial score (nSPS) is 13.4. The van der Waals surface area contributed by atoms with Crippen LogP contribution in [0, 0.1) is 0 Å². The summed E-state index contributed by atoms with van der Waals surface area (Å²) in [5.74, 6) is 0.444. The highest BCUT2D eigenvalue weighted by Crippen LogP contribution is 2.50. The molecule has 0 spiro atoms. The number of phosphoric acid groups is 1. The van der Waals surface area contributed by atoms with Crippen LogP contribution in [0.15, 0.2) is 42.5 Å². The molecular formula is C22H33O7P. The Morgan fingerprint density at radius 3 is 2.33 bits per heavy atom. The molecule has 30 heavy (non-hydrogen) atoms. The van der Waals surface area contributed by atoms with Crippen LogP contribution in [0.2, 0.25) is 0 Å². The van der Waals surface area contributed by atoms with Crippen molar-refractivity contribution in [2.24, 2.45) is 0 Å². The summed E-state index contributed by atoms with van der Waals surface area (Å²) >= 11 is 0. The van der Waals surface area contributed by atoms with Gasteiger partial charge in [0.25, 0.3) is 0 Å². The molecule has 0 aliphatic heterocycles. The summed E-state index contributed by atoms with van der Waals surface area (Å²) in [6.07, 6.45) is 3.95. The van der Waals surface area contributed by atoms with Crippen molar-refractivity contribution in [2.75, 3.05) is 39.6 Å². The second-order valence-corrected chi connectivity index (χ2v) is 8.18. The van der Waals surface area contributed by atoms with E-state index in [1.54, 1.807) is 6.07 Å². The van der Waals surface area contributed by atoms with Crippen molar-refractivity contribution >= 4 is 18.6 Å². The highest BCUT2D eigenvalue weighted by atomic mass is 31.2. The van der Waals surface area contributed by atoms with E-state index in [2.05, 4.69) is 6.92 Å². The van der Waals surface area contributed by atoms with Crippen molar-refractivity contribution in [1.29, 1.82) is 0 Å². The van der Waals surface area contributed by atoms with Crippen molar-refractivity contribution in [3.05, 3.63) is 42.5 Å². The molecule has 2 aromatic rings. The minimum atomic E-state index is -3.91. The molecule has 0 heterocycles. The first kappa shape index (κ1) is 24.8. The molecule has 168 valence electrons. The molecule has 7 nitrogen and oxygen atoms in total. The maximum atomic E-state index is 13.0. The lowest BCUT2D eigenvalue weighted by atomic mass is 10.1. The summed E-state index contributed by atoms with van der Waals surface area (Å²) in [5.41, 5.74) is 0. The van der Waals surface area contributed by atoms with Gasteiger partial charge in [0.05, 0.1) is 33.0 Å². The van der Waals surface area contributed by atoms with Gasteiger partial charge >= 0.3 is 7.82 Å². The summed E-state index contributed by atoms with van der Waals surface area (Å²) in [7, 11) is -3.91. The second-order valence-electron chi connectivity index (χ2n) is 6.62. The van der Waals surface area contributed by atoms with E-state index in [1.807, 2.05) is 43.3 Å². The number of phosphoric ester groups is 1. The molecule has 0 bridgehead atoms. The lowest BCUT2D eigenvalue weighted by Gasteiger charge is -2.17. The van der Waals surface area contributed by atoms with Gasteiger partial charge in [-0.1, -0.05) is 67.3 Å². The van der Waals surface area contributed by atoms with Crippen molar-refractivity contribution in [3.8, 4) is 5.75 Å². The Balaban J connectivity index is 1.89. The van der Waals surface area contributed by atoms with Crippen LogP contribution in [0.1, 0.15) is 39.5 Å². The minimum absolute atomic E-state index is 0.0528. The van der Waals surface area contributed by atoms with Crippen molar-refractivity contribution in [1.82, 2.24) is 0 Å². The van der Waals surface area contributed by atoms with E-state index in [4.69, 9.17) is 28.1 Å². The monoisotopic (exact) mass is 440 g/mol. The fourth-order valence-corrected chi connectivity index (χ4v) is 3.69. The van der Waals surface area contributed by atoms with E-state index >= 15 is 0 Å². The summed E-state index contributed by atoms with van der Waals surface area (Å²) < 4.78 is 39.7. The summed E-state index contributed by atoms with van der Waals surface area (Å²) in [5, 5.41) is 1.83. The molecule has 2 rings (SSSR count). The van der Waals surface area contributed by atoms with Gasteiger partial charge in [0.2, 0.25) is 0 Å². The molecule has 0 amide bonds. The van der Waals surface area contributed by atoms with Gasteiger partial charge in [-0.25, -0.2) is 4.57 Å². The van der Waals surface area contributed by atoms with Crippen LogP contribution in [0.4, 0.5) is 0 Å². The summed E-state index contributed by atoms with van der Waals surface area (Å²) in [6.45, 7) is 6.19. The quantitative estimate of drug-likeness (QED) is 0.131. The first-order valence-corrected chi connectivity index (χ1v) is 12.0. The topological polar surface area (TPSA) is 72.5 Å². The van der Waals surface area contributed by atoms with Crippen LogP contribution in [0.3, 0.4) is 0 Å². The second kappa shape index (κ2) is 14.5. The highest BCUT2D eigenvalue weighted by Gasteiger charge is 2.29. The van der Waals surface area contributed by atoms with Crippen molar-refractivity contribution in [2.45, 2.75) is 39.5 Å². The molecule has 0 aromatic heterocycles. The Bertz CT molecular complexity index is 763.